The van der Waals surface area contributed by atoms with Gasteiger partial charge < -0.3 is 10.1 Å². The van der Waals surface area contributed by atoms with E-state index in [2.05, 4.69) is 5.32 Å². The van der Waals surface area contributed by atoms with E-state index in [0.29, 0.717) is 16.1 Å². The predicted molar refractivity (Wildman–Crippen MR) is 104 cm³/mol. The number of esters is 1. The summed E-state index contributed by atoms with van der Waals surface area (Å²) in [6.07, 6.45) is -1.05. The molecule has 0 aliphatic heterocycles. The van der Waals surface area contributed by atoms with Crippen LogP contribution < -0.4 is 5.32 Å². The number of rotatable bonds is 8. The lowest BCUT2D eigenvalue weighted by molar-refractivity contribution is -0.384. The zero-order valence-electron chi connectivity index (χ0n) is 15.2. The Kier molecular flexibility index (Phi) is 7.28. The van der Waals surface area contributed by atoms with Crippen molar-refractivity contribution in [1.29, 1.82) is 0 Å². The summed E-state index contributed by atoms with van der Waals surface area (Å²) in [4.78, 5) is 46.5. The van der Waals surface area contributed by atoms with Crippen LogP contribution in [0.2, 0.25) is 0 Å². The molecule has 9 heteroatoms. The summed E-state index contributed by atoms with van der Waals surface area (Å²) >= 11 is 1.14. The molecule has 2 aromatic rings. The topological polar surface area (TPSA) is 116 Å². The number of Topliss-reactive ketones (excluding diaryl/α,β-unsaturated/α-hetero) is 1. The number of hydrogen-bond acceptors (Lipinski definition) is 7. The Hall–Kier alpha value is -3.20. The fourth-order valence-corrected chi connectivity index (χ4v) is 2.91. The maximum Gasteiger partial charge on any atom is 0.317 e. The highest BCUT2D eigenvalue weighted by Crippen LogP contribution is 2.22. The van der Waals surface area contributed by atoms with Gasteiger partial charge >= 0.3 is 5.97 Å². The number of amides is 1. The van der Waals surface area contributed by atoms with Crippen molar-refractivity contribution >= 4 is 40.8 Å². The molecule has 0 saturated heterocycles. The molecule has 0 aliphatic carbocycles. The molecule has 8 nitrogen and oxygen atoms in total. The van der Waals surface area contributed by atoms with Gasteiger partial charge in [-0.3, -0.25) is 24.5 Å². The van der Waals surface area contributed by atoms with Gasteiger partial charge in [0.15, 0.2) is 11.9 Å². The average Bonchev–Trinajstić information content (AvgIpc) is 2.66. The Bertz CT molecular complexity index is 898. The number of benzene rings is 2. The van der Waals surface area contributed by atoms with Gasteiger partial charge in [0.2, 0.25) is 0 Å². The van der Waals surface area contributed by atoms with E-state index in [1.807, 2.05) is 0 Å². The largest absolute Gasteiger partial charge is 0.452 e. The van der Waals surface area contributed by atoms with E-state index >= 15 is 0 Å². The van der Waals surface area contributed by atoms with Crippen LogP contribution in [0.15, 0.2) is 53.4 Å². The number of carbonyl (C=O) groups is 3. The minimum absolute atomic E-state index is 0.0388. The number of hydrogen-bond donors (Lipinski definition) is 1. The Labute approximate surface area is 165 Å². The van der Waals surface area contributed by atoms with Crippen LogP contribution in [-0.4, -0.2) is 34.4 Å². The maximum absolute atomic E-state index is 12.2. The van der Waals surface area contributed by atoms with Crippen LogP contribution in [0.3, 0.4) is 0 Å². The van der Waals surface area contributed by atoms with Crippen molar-refractivity contribution in [2.75, 3.05) is 11.1 Å². The number of non-ortho nitro benzene ring substituents is 1. The second-order valence-electron chi connectivity index (χ2n) is 5.76. The molecule has 1 N–H and O–H groups in total. The van der Waals surface area contributed by atoms with Crippen LogP contribution in [0, 0.1) is 10.1 Å². The van der Waals surface area contributed by atoms with Gasteiger partial charge in [-0.05, 0) is 38.1 Å². The zero-order chi connectivity index (χ0) is 20.7. The monoisotopic (exact) mass is 402 g/mol. The fraction of sp³-hybridized carbons (Fsp3) is 0.211. The van der Waals surface area contributed by atoms with Crippen molar-refractivity contribution in [2.24, 2.45) is 0 Å². The number of carbonyl (C=O) groups excluding carboxylic acids is 3. The second-order valence-corrected chi connectivity index (χ2v) is 6.81. The Morgan fingerprint density at radius 3 is 2.39 bits per heavy atom. The summed E-state index contributed by atoms with van der Waals surface area (Å²) < 4.78 is 5.10. The maximum atomic E-state index is 12.2. The first kappa shape index (κ1) is 21.1. The molecule has 2 rings (SSSR count). The summed E-state index contributed by atoms with van der Waals surface area (Å²) in [5.41, 5.74) is 0.675. The van der Waals surface area contributed by atoms with Gasteiger partial charge in [0, 0.05) is 22.6 Å². The Balaban J connectivity index is 1.87. The number of ketones is 1. The van der Waals surface area contributed by atoms with Gasteiger partial charge in [-0.25, -0.2) is 0 Å². The smallest absolute Gasteiger partial charge is 0.317 e. The molecular weight excluding hydrogens is 384 g/mol. The third-order valence-electron chi connectivity index (χ3n) is 3.65. The highest BCUT2D eigenvalue weighted by Gasteiger charge is 2.19. The molecule has 146 valence electrons. The van der Waals surface area contributed by atoms with Crippen molar-refractivity contribution < 1.29 is 24.0 Å². The van der Waals surface area contributed by atoms with E-state index in [0.717, 1.165) is 11.8 Å². The summed E-state index contributed by atoms with van der Waals surface area (Å²) in [6.45, 7) is 2.82. The fourth-order valence-electron chi connectivity index (χ4n) is 2.22. The first-order valence-corrected chi connectivity index (χ1v) is 9.24. The number of nitro groups is 1. The summed E-state index contributed by atoms with van der Waals surface area (Å²) in [7, 11) is 0. The summed E-state index contributed by atoms with van der Waals surface area (Å²) in [5, 5.41) is 13.2. The molecule has 1 amide bonds. The van der Waals surface area contributed by atoms with E-state index in [1.165, 1.54) is 38.1 Å². The normalized spacial score (nSPS) is 11.4. The lowest BCUT2D eigenvalue weighted by atomic mass is 10.1. The molecule has 2 aromatic carbocycles. The highest BCUT2D eigenvalue weighted by molar-refractivity contribution is 8.00. The lowest BCUT2D eigenvalue weighted by Crippen LogP contribution is -2.31. The van der Waals surface area contributed by atoms with Gasteiger partial charge in [-0.1, -0.05) is 12.1 Å². The first-order chi connectivity index (χ1) is 13.3. The number of thioether (sulfide) groups is 1. The van der Waals surface area contributed by atoms with E-state index in [1.54, 1.807) is 24.3 Å². The van der Waals surface area contributed by atoms with Crippen molar-refractivity contribution in [3.63, 3.8) is 0 Å². The average molecular weight is 402 g/mol. The van der Waals surface area contributed by atoms with Crippen LogP contribution in [0.25, 0.3) is 0 Å². The van der Waals surface area contributed by atoms with Crippen LogP contribution in [-0.2, 0) is 14.3 Å². The highest BCUT2D eigenvalue weighted by atomic mass is 32.2. The molecule has 0 aromatic heterocycles. The standard InChI is InChI=1S/C19H18N2O6S/c1-12(22)16-5-3-4-6-17(16)20-19(24)13(2)27-18(23)11-28-15-9-7-14(8-10-15)21(25)26/h3-10,13H,11H2,1-2H3,(H,20,24)/t13-/m1/s1. The van der Waals surface area contributed by atoms with E-state index in [-0.39, 0.29) is 17.2 Å². The van der Waals surface area contributed by atoms with Crippen LogP contribution in [0.1, 0.15) is 24.2 Å². The van der Waals surface area contributed by atoms with Gasteiger partial charge in [0.25, 0.3) is 11.6 Å². The molecule has 28 heavy (non-hydrogen) atoms. The third kappa shape index (κ3) is 5.92. The Morgan fingerprint density at radius 2 is 1.79 bits per heavy atom. The van der Waals surface area contributed by atoms with E-state index in [4.69, 9.17) is 4.74 Å². The molecule has 0 bridgehead atoms. The number of anilines is 1. The third-order valence-corrected chi connectivity index (χ3v) is 4.63. The predicted octanol–water partition coefficient (Wildman–Crippen LogP) is 3.46. The minimum atomic E-state index is -1.05. The molecule has 0 heterocycles. The molecule has 0 fully saturated rings. The van der Waals surface area contributed by atoms with E-state index < -0.39 is 22.9 Å². The Morgan fingerprint density at radius 1 is 1.14 bits per heavy atom. The van der Waals surface area contributed by atoms with Crippen molar-refractivity contribution in [2.45, 2.75) is 24.8 Å². The van der Waals surface area contributed by atoms with Crippen molar-refractivity contribution in [3.8, 4) is 0 Å². The first-order valence-electron chi connectivity index (χ1n) is 8.25. The molecule has 1 atom stereocenters. The van der Waals surface area contributed by atoms with Gasteiger partial charge in [0.05, 0.1) is 16.4 Å². The van der Waals surface area contributed by atoms with Crippen molar-refractivity contribution in [1.82, 2.24) is 0 Å². The summed E-state index contributed by atoms with van der Waals surface area (Å²) in [6, 6.07) is 12.3. The molecular formula is C19H18N2O6S. The molecule has 0 unspecified atom stereocenters. The number of nitrogens with zero attached hydrogens (tertiary/aromatic N) is 1. The summed E-state index contributed by atoms with van der Waals surface area (Å²) in [5.74, 6) is -1.41. The van der Waals surface area contributed by atoms with Crippen LogP contribution in [0.4, 0.5) is 11.4 Å². The minimum Gasteiger partial charge on any atom is -0.452 e. The zero-order valence-corrected chi connectivity index (χ0v) is 16.0. The van der Waals surface area contributed by atoms with Gasteiger partial charge in [-0.15, -0.1) is 11.8 Å². The second kappa shape index (κ2) is 9.65. The molecule has 0 radical (unpaired) electrons. The molecule has 0 aliphatic rings. The molecule has 0 spiro atoms. The SMILES string of the molecule is CC(=O)c1ccccc1NC(=O)[C@@H](C)OC(=O)CSc1ccc([N+](=O)[O-])cc1. The molecule has 0 saturated carbocycles. The number of ether oxygens (including phenoxy) is 1. The number of para-hydroxylation sites is 1. The van der Waals surface area contributed by atoms with Crippen molar-refractivity contribution in [3.05, 3.63) is 64.2 Å². The van der Waals surface area contributed by atoms with Crippen LogP contribution >= 0.6 is 11.8 Å². The van der Waals surface area contributed by atoms with Gasteiger partial charge in [0.1, 0.15) is 0 Å². The number of nitrogens with one attached hydrogen (secondary N) is 1. The quantitative estimate of drug-likeness (QED) is 0.236. The number of nitro benzene ring substituents is 1. The van der Waals surface area contributed by atoms with Crippen LogP contribution in [0.5, 0.6) is 0 Å². The lowest BCUT2D eigenvalue weighted by Gasteiger charge is -2.15. The van der Waals surface area contributed by atoms with Gasteiger partial charge in [-0.2, -0.15) is 0 Å². The van der Waals surface area contributed by atoms with E-state index in [9.17, 15) is 24.5 Å².